The van der Waals surface area contributed by atoms with Crippen molar-refractivity contribution in [2.45, 2.75) is 6.92 Å². The van der Waals surface area contributed by atoms with Crippen LogP contribution in [-0.4, -0.2) is 33.4 Å². The summed E-state index contributed by atoms with van der Waals surface area (Å²) in [5.74, 6) is -0.201. The van der Waals surface area contributed by atoms with Gasteiger partial charge in [-0.2, -0.15) is 8.42 Å². The van der Waals surface area contributed by atoms with Gasteiger partial charge in [-0.05, 0) is 18.6 Å². The second kappa shape index (κ2) is 4.96. The van der Waals surface area contributed by atoms with E-state index in [1.807, 2.05) is 0 Å². The summed E-state index contributed by atoms with van der Waals surface area (Å²) in [5, 5.41) is 0. The number of rotatable bonds is 1. The van der Waals surface area contributed by atoms with Gasteiger partial charge in [0.1, 0.15) is 0 Å². The lowest BCUT2D eigenvalue weighted by Crippen LogP contribution is -1.97. The summed E-state index contributed by atoms with van der Waals surface area (Å²) in [6.07, 6.45) is 1.02. The minimum absolute atomic E-state index is 0.201. The average molecular weight is 222 g/mol. The van der Waals surface area contributed by atoms with E-state index in [0.717, 1.165) is 6.26 Å². The van der Waals surface area contributed by atoms with Crippen molar-refractivity contribution in [3.8, 4) is 0 Å². The summed E-state index contributed by atoms with van der Waals surface area (Å²) in [5.41, 5.74) is 0. The van der Waals surface area contributed by atoms with Crippen LogP contribution in [0, 0.1) is 0 Å². The topological polar surface area (TPSA) is 88.5 Å². The first-order valence-electron chi connectivity index (χ1n) is 2.44. The van der Waals surface area contributed by atoms with Crippen LogP contribution < -0.4 is 0 Å². The van der Waals surface area contributed by atoms with E-state index in [0.29, 0.717) is 0 Å². The molecule has 0 aromatic carbocycles. The first-order valence-corrected chi connectivity index (χ1v) is 6.99. The third-order valence-corrected chi connectivity index (χ3v) is 1.09. The molecule has 0 rings (SSSR count). The molecule has 0 aliphatic rings. The van der Waals surface area contributed by atoms with Crippen molar-refractivity contribution in [1.29, 1.82) is 0 Å². The Hall–Kier alpha value is 0.210. The molecule has 0 spiro atoms. The minimum Gasteiger partial charge on any atom is -0.286 e. The molecule has 1 N–H and O–H groups in total. The molecule has 0 aromatic heterocycles. The fourth-order valence-electron chi connectivity index (χ4n) is 0. The Bertz CT molecular complexity index is 264. The van der Waals surface area contributed by atoms with Crippen molar-refractivity contribution in [2.24, 2.45) is 0 Å². The Morgan fingerprint density at radius 1 is 1.27 bits per heavy atom. The second-order valence-electron chi connectivity index (χ2n) is 1.60. The van der Waals surface area contributed by atoms with Crippen LogP contribution in [0.3, 0.4) is 0 Å². The van der Waals surface area contributed by atoms with Crippen LogP contribution in [0.2, 0.25) is 0 Å². The van der Waals surface area contributed by atoms with E-state index in [1.165, 1.54) is 6.92 Å². The largest absolute Gasteiger partial charge is 0.286 e. The summed E-state index contributed by atoms with van der Waals surface area (Å²) < 4.78 is 45.9. The number of hydrogen-bond donors (Lipinski definition) is 2. The van der Waals surface area contributed by atoms with Crippen molar-refractivity contribution in [3.05, 3.63) is 0 Å². The molecule has 0 atom stereocenters. The van der Waals surface area contributed by atoms with E-state index in [4.69, 9.17) is 4.55 Å². The molecule has 8 heteroatoms. The quantitative estimate of drug-likeness (QED) is 0.363. The molecule has 0 fully saturated rings. The molecule has 0 saturated heterocycles. The molecule has 0 bridgehead atoms. The lowest BCUT2D eigenvalue weighted by atomic mass is 11.0. The van der Waals surface area contributed by atoms with Crippen LogP contribution in [0.25, 0.3) is 0 Å². The van der Waals surface area contributed by atoms with Crippen molar-refractivity contribution in [3.63, 3.8) is 0 Å². The van der Waals surface area contributed by atoms with E-state index in [1.54, 1.807) is 0 Å². The average Bonchev–Trinajstić information content (AvgIpc) is 1.59. The Balaban J connectivity index is 0. The normalized spacial score (nSPS) is 11.6. The van der Waals surface area contributed by atoms with Crippen LogP contribution >= 0.6 is 11.7 Å². The lowest BCUT2D eigenvalue weighted by molar-refractivity contribution is 0.484. The van der Waals surface area contributed by atoms with Gasteiger partial charge in [-0.15, -0.1) is 0 Å². The third kappa shape index (κ3) is 66.8. The number of hydrogen-bond acceptors (Lipinski definition) is 4. The van der Waals surface area contributed by atoms with Gasteiger partial charge in [0.2, 0.25) is 0 Å². The van der Waals surface area contributed by atoms with Gasteiger partial charge in [-0.3, -0.25) is 4.55 Å². The van der Waals surface area contributed by atoms with E-state index >= 15 is 0 Å². The maximum Gasteiger partial charge on any atom is 0.264 e. The highest BCUT2D eigenvalue weighted by atomic mass is 33.1. The molecule has 0 radical (unpaired) electrons. The molecule has 0 amide bonds. The van der Waals surface area contributed by atoms with Gasteiger partial charge in [0.15, 0.2) is 8.87 Å². The zero-order valence-electron chi connectivity index (χ0n) is 6.05. The molecule has 0 heterocycles. The Morgan fingerprint density at radius 2 is 1.36 bits per heavy atom. The summed E-state index contributed by atoms with van der Waals surface area (Å²) in [6.45, 7) is 1.37. The molecule has 0 saturated carbocycles. The van der Waals surface area contributed by atoms with Crippen LogP contribution in [0.5, 0.6) is 0 Å². The highest BCUT2D eigenvalue weighted by Gasteiger charge is 1.93. The summed E-state index contributed by atoms with van der Waals surface area (Å²) in [6, 6.07) is 0. The molecule has 11 heavy (non-hydrogen) atoms. The maximum absolute atomic E-state index is 9.56. The van der Waals surface area contributed by atoms with Crippen molar-refractivity contribution < 1.29 is 21.4 Å². The molecule has 0 aliphatic carbocycles. The monoisotopic (exact) mass is 222 g/mol. The van der Waals surface area contributed by atoms with Gasteiger partial charge in [0.05, 0.1) is 5.75 Å². The fourth-order valence-corrected chi connectivity index (χ4v) is 0. The number of thiol groups is 1. The van der Waals surface area contributed by atoms with Crippen molar-refractivity contribution >= 4 is 30.6 Å². The first kappa shape index (κ1) is 13.8. The van der Waals surface area contributed by atoms with Gasteiger partial charge in [-0.1, -0.05) is 0 Å². The molecule has 0 aromatic rings. The third-order valence-electron chi connectivity index (χ3n) is 0.365. The zero-order chi connectivity index (χ0) is 9.71. The van der Waals surface area contributed by atoms with Crippen molar-refractivity contribution in [2.75, 3.05) is 12.0 Å². The highest BCUT2D eigenvalue weighted by molar-refractivity contribution is 8.63. The Labute approximate surface area is 71.3 Å². The molecule has 0 aliphatic heterocycles. The smallest absolute Gasteiger partial charge is 0.264 e. The van der Waals surface area contributed by atoms with Gasteiger partial charge < -0.3 is 0 Å². The van der Waals surface area contributed by atoms with Gasteiger partial charge in [0.25, 0.3) is 10.1 Å². The molecular weight excluding hydrogens is 212 g/mol. The second-order valence-corrected chi connectivity index (χ2v) is 6.80. The lowest BCUT2D eigenvalue weighted by Gasteiger charge is -1.79. The van der Waals surface area contributed by atoms with Crippen LogP contribution in [0.15, 0.2) is 0 Å². The molecule has 70 valence electrons. The highest BCUT2D eigenvalue weighted by Crippen LogP contribution is 1.82. The predicted molar refractivity (Wildman–Crippen MR) is 45.9 cm³/mol. The molecule has 5 nitrogen and oxygen atoms in total. The minimum atomic E-state index is -3.66. The Morgan fingerprint density at radius 3 is 1.36 bits per heavy atom. The van der Waals surface area contributed by atoms with E-state index in [9.17, 15) is 16.8 Å². The van der Waals surface area contributed by atoms with Gasteiger partial charge in [-0.25, -0.2) is 8.42 Å². The zero-order valence-corrected chi connectivity index (χ0v) is 8.58. The summed E-state index contributed by atoms with van der Waals surface area (Å²) >= 11 is 3.09. The van der Waals surface area contributed by atoms with E-state index < -0.39 is 19.0 Å². The van der Waals surface area contributed by atoms with Crippen molar-refractivity contribution in [1.82, 2.24) is 0 Å². The molecular formula is C3H10O5S3. The first-order chi connectivity index (χ1) is 4.56. The maximum atomic E-state index is 9.56. The standard InChI is InChI=1S/C2H6O3S.CH4O2S2/c1-2-6(3,4)5;1-5(2,3)4/h2H2,1H3,(H,3,4,5);1H3,(H,2,3,4). The SMILES string of the molecule is CCS(=O)(=O)O.CS(=O)(=O)S. The van der Waals surface area contributed by atoms with Crippen LogP contribution in [0.4, 0.5) is 0 Å². The van der Waals surface area contributed by atoms with Gasteiger partial charge in [0, 0.05) is 6.26 Å². The Kier molecular flexibility index (Phi) is 6.22. The summed E-state index contributed by atoms with van der Waals surface area (Å²) in [7, 11) is -6.63. The van der Waals surface area contributed by atoms with E-state index in [-0.39, 0.29) is 5.75 Å². The molecule has 0 unspecified atom stereocenters. The van der Waals surface area contributed by atoms with Gasteiger partial charge >= 0.3 is 0 Å². The van der Waals surface area contributed by atoms with Crippen LogP contribution in [0.1, 0.15) is 6.92 Å². The summed E-state index contributed by atoms with van der Waals surface area (Å²) in [4.78, 5) is 0. The van der Waals surface area contributed by atoms with E-state index in [2.05, 4.69) is 11.7 Å². The van der Waals surface area contributed by atoms with Crippen LogP contribution in [-0.2, 0) is 19.0 Å². The predicted octanol–water partition coefficient (Wildman–Crippen LogP) is -0.230. The fraction of sp³-hybridized carbons (Fsp3) is 1.00.